The molecule has 2 heterocycles. The van der Waals surface area contributed by atoms with Gasteiger partial charge in [0.2, 0.25) is 5.91 Å². The first-order valence-electron chi connectivity index (χ1n) is 8.27. The van der Waals surface area contributed by atoms with Gasteiger partial charge in [-0.25, -0.2) is 0 Å². The van der Waals surface area contributed by atoms with Gasteiger partial charge in [-0.15, -0.1) is 0 Å². The van der Waals surface area contributed by atoms with Gasteiger partial charge in [-0.3, -0.25) is 9.59 Å². The standard InChI is InChI=1S/C18H20BrN3O2/c1-11(7-17(23)12-3-2-4-13(19)8-12)18(24)21-15-9-14-5-6-16(15)22(14)10-20/h2-4,8,11,14-16H,5-7,9H2,1H3,(H,21,24). The van der Waals surface area contributed by atoms with E-state index in [2.05, 4.69) is 27.4 Å². The second kappa shape index (κ2) is 6.94. The Morgan fingerprint density at radius 1 is 1.46 bits per heavy atom. The zero-order chi connectivity index (χ0) is 17.3. The van der Waals surface area contributed by atoms with Crippen LogP contribution in [0.4, 0.5) is 0 Å². The fourth-order valence-electron chi connectivity index (χ4n) is 3.78. The molecule has 2 fully saturated rings. The van der Waals surface area contributed by atoms with Crippen molar-refractivity contribution in [1.29, 1.82) is 5.26 Å². The number of nitriles is 1. The van der Waals surface area contributed by atoms with E-state index in [0.29, 0.717) is 5.56 Å². The monoisotopic (exact) mass is 389 g/mol. The Balaban J connectivity index is 1.56. The summed E-state index contributed by atoms with van der Waals surface area (Å²) in [6.45, 7) is 1.78. The number of halogens is 1. The summed E-state index contributed by atoms with van der Waals surface area (Å²) in [4.78, 5) is 26.6. The number of carbonyl (C=O) groups is 2. The lowest BCUT2D eigenvalue weighted by Crippen LogP contribution is -2.45. The molecule has 4 atom stereocenters. The molecule has 2 bridgehead atoms. The predicted octanol–water partition coefficient (Wildman–Crippen LogP) is 2.86. The third kappa shape index (κ3) is 3.32. The highest BCUT2D eigenvalue weighted by Crippen LogP contribution is 2.37. The number of rotatable bonds is 5. The number of carbonyl (C=O) groups excluding carboxylic acids is 2. The zero-order valence-electron chi connectivity index (χ0n) is 13.5. The summed E-state index contributed by atoms with van der Waals surface area (Å²) in [7, 11) is 0. The molecule has 0 radical (unpaired) electrons. The molecule has 0 saturated carbocycles. The minimum Gasteiger partial charge on any atom is -0.351 e. The van der Waals surface area contributed by atoms with Crippen LogP contribution in [-0.2, 0) is 4.79 Å². The molecule has 1 amide bonds. The van der Waals surface area contributed by atoms with E-state index >= 15 is 0 Å². The van der Waals surface area contributed by atoms with Crippen LogP contribution in [0.1, 0.15) is 43.0 Å². The number of fused-ring (bicyclic) bond motifs is 2. The smallest absolute Gasteiger partial charge is 0.223 e. The zero-order valence-corrected chi connectivity index (χ0v) is 15.1. The third-order valence-corrected chi connectivity index (χ3v) is 5.56. The molecular weight excluding hydrogens is 370 g/mol. The van der Waals surface area contributed by atoms with Crippen LogP contribution in [0, 0.1) is 17.4 Å². The fourth-order valence-corrected chi connectivity index (χ4v) is 4.17. The van der Waals surface area contributed by atoms with E-state index in [-0.39, 0.29) is 42.2 Å². The highest BCUT2D eigenvalue weighted by atomic mass is 79.9. The van der Waals surface area contributed by atoms with E-state index in [9.17, 15) is 14.9 Å². The molecule has 2 aliphatic rings. The fraction of sp³-hybridized carbons (Fsp3) is 0.500. The van der Waals surface area contributed by atoms with Crippen molar-refractivity contribution in [3.8, 4) is 6.19 Å². The van der Waals surface area contributed by atoms with Gasteiger partial charge in [0, 0.05) is 28.4 Å². The van der Waals surface area contributed by atoms with Gasteiger partial charge in [0.15, 0.2) is 12.0 Å². The molecule has 2 aliphatic heterocycles. The molecular formula is C18H20BrN3O2. The maximum atomic E-state index is 12.4. The van der Waals surface area contributed by atoms with Crippen LogP contribution in [0.25, 0.3) is 0 Å². The molecule has 24 heavy (non-hydrogen) atoms. The molecule has 2 saturated heterocycles. The summed E-state index contributed by atoms with van der Waals surface area (Å²) in [5.41, 5.74) is 0.611. The lowest BCUT2D eigenvalue weighted by atomic mass is 9.94. The molecule has 5 nitrogen and oxygen atoms in total. The molecule has 126 valence electrons. The summed E-state index contributed by atoms with van der Waals surface area (Å²) in [5.74, 6) is -0.523. The Morgan fingerprint density at radius 3 is 2.92 bits per heavy atom. The number of amides is 1. The van der Waals surface area contributed by atoms with Crippen LogP contribution in [0.5, 0.6) is 0 Å². The molecule has 3 rings (SSSR count). The minimum atomic E-state index is -0.383. The van der Waals surface area contributed by atoms with E-state index in [4.69, 9.17) is 0 Å². The Kier molecular flexibility index (Phi) is 4.91. The van der Waals surface area contributed by atoms with Crippen LogP contribution < -0.4 is 5.32 Å². The summed E-state index contributed by atoms with van der Waals surface area (Å²) in [6.07, 6.45) is 5.24. The Labute approximate surface area is 150 Å². The normalized spacial score (nSPS) is 26.0. The second-order valence-corrected chi connectivity index (χ2v) is 7.61. The summed E-state index contributed by atoms with van der Waals surface area (Å²) < 4.78 is 0.851. The topological polar surface area (TPSA) is 73.2 Å². The number of benzene rings is 1. The van der Waals surface area contributed by atoms with Gasteiger partial charge in [-0.1, -0.05) is 35.0 Å². The molecule has 1 N–H and O–H groups in total. The lowest BCUT2D eigenvalue weighted by molar-refractivity contribution is -0.125. The number of nitrogens with one attached hydrogen (secondary N) is 1. The van der Waals surface area contributed by atoms with Crippen molar-refractivity contribution < 1.29 is 9.59 Å². The average Bonchev–Trinajstić information content (AvgIpc) is 3.11. The van der Waals surface area contributed by atoms with E-state index in [1.165, 1.54) is 0 Å². The molecule has 4 unspecified atom stereocenters. The van der Waals surface area contributed by atoms with Crippen molar-refractivity contribution in [2.24, 2.45) is 5.92 Å². The number of hydrogen-bond donors (Lipinski definition) is 1. The molecule has 0 aromatic heterocycles. The molecule has 0 aliphatic carbocycles. The van der Waals surface area contributed by atoms with E-state index in [1.807, 2.05) is 17.0 Å². The van der Waals surface area contributed by atoms with Crippen LogP contribution >= 0.6 is 15.9 Å². The lowest BCUT2D eigenvalue weighted by Gasteiger charge is -2.23. The van der Waals surface area contributed by atoms with Gasteiger partial charge >= 0.3 is 0 Å². The van der Waals surface area contributed by atoms with Gasteiger partial charge < -0.3 is 10.2 Å². The number of hydrogen-bond acceptors (Lipinski definition) is 4. The maximum Gasteiger partial charge on any atom is 0.223 e. The molecule has 1 aromatic carbocycles. The van der Waals surface area contributed by atoms with Crippen molar-refractivity contribution >= 4 is 27.6 Å². The van der Waals surface area contributed by atoms with Gasteiger partial charge in [0.25, 0.3) is 0 Å². The van der Waals surface area contributed by atoms with Gasteiger partial charge in [0.1, 0.15) is 0 Å². The van der Waals surface area contributed by atoms with Crippen LogP contribution in [0.3, 0.4) is 0 Å². The molecule has 0 spiro atoms. The van der Waals surface area contributed by atoms with Crippen molar-refractivity contribution in [2.45, 2.75) is 50.7 Å². The van der Waals surface area contributed by atoms with Crippen molar-refractivity contribution in [3.05, 3.63) is 34.3 Å². The van der Waals surface area contributed by atoms with Crippen LogP contribution in [0.2, 0.25) is 0 Å². The highest BCUT2D eigenvalue weighted by molar-refractivity contribution is 9.10. The molecule has 6 heteroatoms. The number of Topliss-reactive ketones (excluding diaryl/α,β-unsaturated/α-hetero) is 1. The molecule has 1 aromatic rings. The summed E-state index contributed by atoms with van der Waals surface area (Å²) >= 11 is 3.35. The number of ketones is 1. The summed E-state index contributed by atoms with van der Waals surface area (Å²) in [5, 5.41) is 12.2. The highest BCUT2D eigenvalue weighted by Gasteiger charge is 2.46. The SMILES string of the molecule is CC(CC(=O)c1cccc(Br)c1)C(=O)NC1CC2CCC1N2C#N. The van der Waals surface area contributed by atoms with Crippen molar-refractivity contribution in [1.82, 2.24) is 10.2 Å². The Bertz CT molecular complexity index is 700. The maximum absolute atomic E-state index is 12.4. The van der Waals surface area contributed by atoms with Gasteiger partial charge in [0.05, 0.1) is 12.1 Å². The van der Waals surface area contributed by atoms with Gasteiger partial charge in [-0.05, 0) is 31.4 Å². The van der Waals surface area contributed by atoms with Crippen LogP contribution in [-0.4, -0.2) is 34.7 Å². The van der Waals surface area contributed by atoms with Crippen molar-refractivity contribution in [3.63, 3.8) is 0 Å². The minimum absolute atomic E-state index is 0.0271. The van der Waals surface area contributed by atoms with Crippen LogP contribution in [0.15, 0.2) is 28.7 Å². The quantitative estimate of drug-likeness (QED) is 0.620. The van der Waals surface area contributed by atoms with E-state index in [0.717, 1.165) is 23.7 Å². The van der Waals surface area contributed by atoms with E-state index in [1.54, 1.807) is 19.1 Å². The van der Waals surface area contributed by atoms with E-state index < -0.39 is 0 Å². The van der Waals surface area contributed by atoms with Crippen molar-refractivity contribution in [2.75, 3.05) is 0 Å². The number of nitrogens with zero attached hydrogens (tertiary/aromatic N) is 2. The first-order valence-corrected chi connectivity index (χ1v) is 9.06. The summed E-state index contributed by atoms with van der Waals surface area (Å²) in [6, 6.07) is 7.63. The Hall–Kier alpha value is -1.87. The third-order valence-electron chi connectivity index (χ3n) is 5.07. The second-order valence-electron chi connectivity index (χ2n) is 6.70. The largest absolute Gasteiger partial charge is 0.351 e. The first kappa shape index (κ1) is 17.0. The first-order chi connectivity index (χ1) is 11.5. The predicted molar refractivity (Wildman–Crippen MR) is 93.1 cm³/mol. The Morgan fingerprint density at radius 2 is 2.25 bits per heavy atom. The average molecular weight is 390 g/mol. The van der Waals surface area contributed by atoms with Gasteiger partial charge in [-0.2, -0.15) is 5.26 Å².